The lowest BCUT2D eigenvalue weighted by atomic mass is 10.1. The van der Waals surface area contributed by atoms with Gasteiger partial charge in [-0.25, -0.2) is 0 Å². The van der Waals surface area contributed by atoms with Crippen molar-refractivity contribution in [2.45, 2.75) is 0 Å². The maximum absolute atomic E-state index is 11.2. The highest BCUT2D eigenvalue weighted by molar-refractivity contribution is 14.1. The fourth-order valence-electron chi connectivity index (χ4n) is 0.944. The highest BCUT2D eigenvalue weighted by Gasteiger charge is 2.13. The summed E-state index contributed by atoms with van der Waals surface area (Å²) in [6, 6.07) is 4.65. The first-order valence-electron chi connectivity index (χ1n) is 3.62. The number of phenolic OH excluding ortho intramolecular Hbond substituents is 1. The average molecular weight is 322 g/mol. The molecule has 0 fully saturated rings. The summed E-state index contributed by atoms with van der Waals surface area (Å²) in [7, 11) is 0. The van der Waals surface area contributed by atoms with Crippen molar-refractivity contribution in [3.8, 4) is 11.8 Å². The van der Waals surface area contributed by atoms with Crippen molar-refractivity contribution in [2.75, 3.05) is 5.88 Å². The maximum Gasteiger partial charge on any atom is 0.181 e. The van der Waals surface area contributed by atoms with Gasteiger partial charge in [0.05, 0.1) is 17.0 Å². The molecule has 72 valence electrons. The molecule has 1 N–H and O–H groups in total. The molecule has 0 aromatic heterocycles. The fourth-order valence-corrected chi connectivity index (χ4v) is 1.66. The van der Waals surface area contributed by atoms with Gasteiger partial charge in [-0.15, -0.1) is 11.6 Å². The van der Waals surface area contributed by atoms with E-state index in [1.54, 1.807) is 0 Å². The maximum atomic E-state index is 11.2. The highest BCUT2D eigenvalue weighted by atomic mass is 127. The number of aromatic hydroxyl groups is 1. The molecule has 0 bridgehead atoms. The van der Waals surface area contributed by atoms with Gasteiger partial charge in [-0.2, -0.15) is 5.26 Å². The highest BCUT2D eigenvalue weighted by Crippen LogP contribution is 2.24. The zero-order valence-electron chi connectivity index (χ0n) is 6.92. The first kappa shape index (κ1) is 11.3. The molecule has 5 heteroatoms. The van der Waals surface area contributed by atoms with Gasteiger partial charge < -0.3 is 5.11 Å². The van der Waals surface area contributed by atoms with Gasteiger partial charge in [-0.05, 0) is 34.7 Å². The van der Waals surface area contributed by atoms with Crippen LogP contribution in [0.4, 0.5) is 0 Å². The third-order valence-electron chi connectivity index (χ3n) is 1.63. The first-order chi connectivity index (χ1) is 6.60. The monoisotopic (exact) mass is 321 g/mol. The van der Waals surface area contributed by atoms with Crippen LogP contribution >= 0.6 is 34.2 Å². The van der Waals surface area contributed by atoms with Gasteiger partial charge in [0.25, 0.3) is 0 Å². The lowest BCUT2D eigenvalue weighted by Crippen LogP contribution is -2.02. The number of benzene rings is 1. The minimum atomic E-state index is -0.392. The van der Waals surface area contributed by atoms with E-state index in [-0.39, 0.29) is 17.2 Å². The minimum Gasteiger partial charge on any atom is -0.507 e. The first-order valence-corrected chi connectivity index (χ1v) is 5.23. The molecule has 0 saturated heterocycles. The van der Waals surface area contributed by atoms with Crippen LogP contribution in [0.2, 0.25) is 0 Å². The quantitative estimate of drug-likeness (QED) is 0.516. The van der Waals surface area contributed by atoms with Crippen LogP contribution in [0, 0.1) is 14.9 Å². The molecule has 0 aliphatic rings. The summed E-state index contributed by atoms with van der Waals surface area (Å²) in [4.78, 5) is 11.2. The summed E-state index contributed by atoms with van der Waals surface area (Å²) in [5.74, 6) is -0.741. The second-order valence-corrected chi connectivity index (χ2v) is 3.95. The van der Waals surface area contributed by atoms with Crippen LogP contribution < -0.4 is 0 Å². The molecule has 14 heavy (non-hydrogen) atoms. The number of rotatable bonds is 2. The average Bonchev–Trinajstić information content (AvgIpc) is 2.17. The summed E-state index contributed by atoms with van der Waals surface area (Å²) >= 11 is 7.26. The number of nitrogens with zero attached hydrogens (tertiary/aromatic N) is 1. The smallest absolute Gasteiger partial charge is 0.181 e. The Morgan fingerprint density at radius 2 is 2.29 bits per heavy atom. The van der Waals surface area contributed by atoms with Crippen LogP contribution in [0.15, 0.2) is 12.1 Å². The Hall–Kier alpha value is -0.800. The molecule has 1 rings (SSSR count). The number of carbonyl (C=O) groups excluding carboxylic acids is 1. The SMILES string of the molecule is N#Cc1cc(C(=O)CCl)c(O)cc1I. The van der Waals surface area contributed by atoms with E-state index in [2.05, 4.69) is 0 Å². The van der Waals surface area contributed by atoms with E-state index in [9.17, 15) is 9.90 Å². The molecule has 1 aromatic carbocycles. The summed E-state index contributed by atoms with van der Waals surface area (Å²) in [6.07, 6.45) is 0. The number of phenols is 1. The van der Waals surface area contributed by atoms with Crippen LogP contribution in [-0.4, -0.2) is 16.8 Å². The number of Topliss-reactive ketones (excluding diaryl/α,β-unsaturated/α-hetero) is 1. The molecular formula is C9H5ClINO2. The van der Waals surface area contributed by atoms with Crippen molar-refractivity contribution in [2.24, 2.45) is 0 Å². The van der Waals surface area contributed by atoms with Gasteiger partial charge in [0.2, 0.25) is 0 Å². The van der Waals surface area contributed by atoms with Crippen molar-refractivity contribution in [1.29, 1.82) is 5.26 Å². The number of ketones is 1. The summed E-state index contributed by atoms with van der Waals surface area (Å²) < 4.78 is 0.605. The van der Waals surface area contributed by atoms with E-state index in [0.29, 0.717) is 9.13 Å². The number of halogens is 2. The van der Waals surface area contributed by atoms with Gasteiger partial charge in [-0.1, -0.05) is 0 Å². The molecule has 0 spiro atoms. The third-order valence-corrected chi connectivity index (χ3v) is 2.76. The molecule has 3 nitrogen and oxygen atoms in total. The van der Waals surface area contributed by atoms with Crippen molar-refractivity contribution >= 4 is 40.0 Å². The normalized spacial score (nSPS) is 9.50. The van der Waals surface area contributed by atoms with Crippen molar-refractivity contribution in [3.63, 3.8) is 0 Å². The van der Waals surface area contributed by atoms with E-state index in [0.717, 1.165) is 0 Å². The van der Waals surface area contributed by atoms with E-state index in [4.69, 9.17) is 16.9 Å². The number of alkyl halides is 1. The Balaban J connectivity index is 3.33. The number of hydrogen-bond acceptors (Lipinski definition) is 3. The Kier molecular flexibility index (Phi) is 3.72. The summed E-state index contributed by atoms with van der Waals surface area (Å²) in [6.45, 7) is 0. The van der Waals surface area contributed by atoms with Gasteiger partial charge in [0.1, 0.15) is 11.8 Å². The van der Waals surface area contributed by atoms with Gasteiger partial charge in [0, 0.05) is 3.57 Å². The van der Waals surface area contributed by atoms with Crippen LogP contribution in [-0.2, 0) is 0 Å². The van der Waals surface area contributed by atoms with Gasteiger partial charge in [-0.3, -0.25) is 4.79 Å². The largest absolute Gasteiger partial charge is 0.507 e. The molecule has 0 atom stereocenters. The summed E-state index contributed by atoms with van der Waals surface area (Å²) in [5, 5.41) is 18.1. The molecule has 0 heterocycles. The van der Waals surface area contributed by atoms with Gasteiger partial charge >= 0.3 is 0 Å². The van der Waals surface area contributed by atoms with Crippen LogP contribution in [0.25, 0.3) is 0 Å². The number of nitriles is 1. The zero-order valence-corrected chi connectivity index (χ0v) is 9.83. The number of hydrogen-bond donors (Lipinski definition) is 1. The molecule has 0 aliphatic carbocycles. The van der Waals surface area contributed by atoms with Crippen molar-refractivity contribution < 1.29 is 9.90 Å². The lowest BCUT2D eigenvalue weighted by Gasteiger charge is -2.03. The van der Waals surface area contributed by atoms with Gasteiger partial charge in [0.15, 0.2) is 5.78 Å². The molecule has 0 radical (unpaired) electrons. The van der Waals surface area contributed by atoms with E-state index in [1.807, 2.05) is 28.7 Å². The summed E-state index contributed by atoms with van der Waals surface area (Å²) in [5.41, 5.74) is 0.453. The van der Waals surface area contributed by atoms with E-state index in [1.165, 1.54) is 12.1 Å². The van der Waals surface area contributed by atoms with E-state index >= 15 is 0 Å². The Labute approximate surface area is 99.4 Å². The third kappa shape index (κ3) is 2.16. The van der Waals surface area contributed by atoms with Crippen molar-refractivity contribution in [3.05, 3.63) is 26.8 Å². The van der Waals surface area contributed by atoms with E-state index < -0.39 is 5.78 Å². The molecule has 1 aromatic rings. The lowest BCUT2D eigenvalue weighted by molar-refractivity contribution is 0.101. The fraction of sp³-hybridized carbons (Fsp3) is 0.111. The predicted octanol–water partition coefficient (Wildman–Crippen LogP) is 2.29. The van der Waals surface area contributed by atoms with Crippen LogP contribution in [0.1, 0.15) is 15.9 Å². The molecule has 0 aliphatic heterocycles. The Morgan fingerprint density at radius 1 is 1.64 bits per heavy atom. The Morgan fingerprint density at radius 3 is 2.79 bits per heavy atom. The molecular weight excluding hydrogens is 316 g/mol. The van der Waals surface area contributed by atoms with Crippen LogP contribution in [0.5, 0.6) is 5.75 Å². The zero-order chi connectivity index (χ0) is 10.7. The second kappa shape index (κ2) is 4.62. The molecule has 0 amide bonds. The van der Waals surface area contributed by atoms with Crippen LogP contribution in [0.3, 0.4) is 0 Å². The van der Waals surface area contributed by atoms with Crippen molar-refractivity contribution in [1.82, 2.24) is 0 Å². The topological polar surface area (TPSA) is 61.1 Å². The molecule has 0 unspecified atom stereocenters. The Bertz CT molecular complexity index is 426. The minimum absolute atomic E-state index is 0.0944. The standard InChI is InChI=1S/C9H5ClINO2/c10-3-9(14)6-1-5(4-12)7(11)2-8(6)13/h1-2,13H,3H2. The number of carbonyl (C=O) groups is 1. The predicted molar refractivity (Wildman–Crippen MR) is 60.6 cm³/mol. The molecule has 0 saturated carbocycles. The second-order valence-electron chi connectivity index (χ2n) is 2.52.